The third-order valence-corrected chi connectivity index (χ3v) is 4.35. The normalized spacial score (nSPS) is 11.3. The lowest BCUT2D eigenvalue weighted by Gasteiger charge is -2.16. The number of rotatable bonds is 7. The molecular weight excluding hydrogens is 398 g/mol. The average molecular weight is 419 g/mol. The number of hydrogen-bond acceptors (Lipinski definition) is 7. The molecule has 0 bridgehead atoms. The topological polar surface area (TPSA) is 136 Å². The van der Waals surface area contributed by atoms with Crippen LogP contribution in [0.2, 0.25) is 0 Å². The van der Waals surface area contributed by atoms with Crippen LogP contribution >= 0.6 is 0 Å². The fraction of sp³-hybridized carbons (Fsp3) is 0.136. The van der Waals surface area contributed by atoms with Crippen LogP contribution in [-0.2, 0) is 9.53 Å². The number of hydrogen-bond donors (Lipinski definition) is 3. The lowest BCUT2D eigenvalue weighted by Crippen LogP contribution is -2.28. The maximum atomic E-state index is 12.7. The number of esters is 1. The molecule has 0 radical (unpaired) electrons. The highest BCUT2D eigenvalue weighted by Gasteiger charge is 2.18. The summed E-state index contributed by atoms with van der Waals surface area (Å²) in [5.41, 5.74) is 6.91. The van der Waals surface area contributed by atoms with E-state index in [0.717, 1.165) is 5.56 Å². The van der Waals surface area contributed by atoms with Gasteiger partial charge in [0, 0.05) is 12.4 Å². The van der Waals surface area contributed by atoms with E-state index in [4.69, 9.17) is 10.5 Å². The Hall–Kier alpha value is -4.27. The van der Waals surface area contributed by atoms with E-state index in [2.05, 4.69) is 20.6 Å². The Labute approximate surface area is 178 Å². The highest BCUT2D eigenvalue weighted by molar-refractivity contribution is 6.04. The Morgan fingerprint density at radius 1 is 1.00 bits per heavy atom. The molecule has 3 rings (SSSR count). The minimum Gasteiger partial charge on any atom is -0.451 e. The summed E-state index contributed by atoms with van der Waals surface area (Å²) in [6.45, 7) is 1.29. The van der Waals surface area contributed by atoms with Gasteiger partial charge in [-0.25, -0.2) is 14.8 Å². The molecule has 3 aromatic rings. The number of carbonyl (C=O) groups excluding carboxylic acids is 3. The predicted octanol–water partition coefficient (Wildman–Crippen LogP) is 2.35. The number of carbonyl (C=O) groups is 3. The number of nitrogens with zero attached hydrogens (tertiary/aromatic N) is 2. The minimum absolute atomic E-state index is 0.0949. The second-order valence-electron chi connectivity index (χ2n) is 6.57. The second-order valence-corrected chi connectivity index (χ2v) is 6.57. The van der Waals surface area contributed by atoms with Crippen LogP contribution in [0.3, 0.4) is 0 Å². The summed E-state index contributed by atoms with van der Waals surface area (Å²) in [5, 5.41) is 5.48. The molecule has 0 aliphatic heterocycles. The first-order chi connectivity index (χ1) is 15.0. The first-order valence-corrected chi connectivity index (χ1v) is 9.44. The largest absolute Gasteiger partial charge is 0.451 e. The third-order valence-electron chi connectivity index (χ3n) is 4.35. The van der Waals surface area contributed by atoms with Gasteiger partial charge in [0.25, 0.3) is 11.8 Å². The number of nitrogen functional groups attached to an aromatic ring is 1. The number of anilines is 2. The zero-order valence-corrected chi connectivity index (χ0v) is 16.7. The molecule has 0 fully saturated rings. The van der Waals surface area contributed by atoms with Crippen LogP contribution in [0, 0.1) is 0 Å². The first kappa shape index (κ1) is 21.4. The maximum Gasteiger partial charge on any atom is 0.361 e. The molecule has 158 valence electrons. The molecule has 4 N–H and O–H groups in total. The zero-order chi connectivity index (χ0) is 22.2. The molecule has 0 aliphatic carbocycles. The number of amides is 2. The minimum atomic E-state index is -0.872. The van der Waals surface area contributed by atoms with Gasteiger partial charge in [-0.05, 0) is 24.6 Å². The number of para-hydroxylation sites is 1. The van der Waals surface area contributed by atoms with Crippen LogP contribution in [0.5, 0.6) is 0 Å². The second kappa shape index (κ2) is 9.97. The molecule has 0 spiro atoms. The average Bonchev–Trinajstić information content (AvgIpc) is 2.78. The van der Waals surface area contributed by atoms with Crippen molar-refractivity contribution in [3.63, 3.8) is 0 Å². The van der Waals surface area contributed by atoms with E-state index in [-0.39, 0.29) is 29.0 Å². The van der Waals surface area contributed by atoms with Crippen molar-refractivity contribution in [2.75, 3.05) is 17.7 Å². The molecule has 0 aliphatic rings. The lowest BCUT2D eigenvalue weighted by molar-refractivity contribution is -0.119. The van der Waals surface area contributed by atoms with Gasteiger partial charge in [0.1, 0.15) is 0 Å². The SMILES string of the molecule is C[C@H](NC(=O)c1ccccc1NC(=O)COC(=O)c1nccnc1N)c1ccccc1. The maximum absolute atomic E-state index is 12.7. The van der Waals surface area contributed by atoms with Gasteiger partial charge in [-0.1, -0.05) is 42.5 Å². The standard InChI is InChI=1S/C22H21N5O4/c1-14(15-7-3-2-4-8-15)26-21(29)16-9-5-6-10-17(16)27-18(28)13-31-22(30)19-20(23)25-12-11-24-19/h2-12,14H,13H2,1H3,(H2,23,25)(H,26,29)(H,27,28)/t14-/m0/s1. The van der Waals surface area contributed by atoms with Crippen molar-refractivity contribution in [1.82, 2.24) is 15.3 Å². The number of aromatic nitrogens is 2. The summed E-state index contributed by atoms with van der Waals surface area (Å²) in [6.07, 6.45) is 2.62. The van der Waals surface area contributed by atoms with E-state index >= 15 is 0 Å². The van der Waals surface area contributed by atoms with E-state index in [1.807, 2.05) is 37.3 Å². The van der Waals surface area contributed by atoms with Gasteiger partial charge in [-0.2, -0.15) is 0 Å². The monoisotopic (exact) mass is 419 g/mol. The van der Waals surface area contributed by atoms with Crippen molar-refractivity contribution < 1.29 is 19.1 Å². The van der Waals surface area contributed by atoms with Crippen LogP contribution in [0.15, 0.2) is 67.0 Å². The van der Waals surface area contributed by atoms with Gasteiger partial charge in [-0.3, -0.25) is 9.59 Å². The summed E-state index contributed by atoms with van der Waals surface area (Å²) < 4.78 is 4.93. The molecule has 2 amide bonds. The number of nitrogens with two attached hydrogens (primary N) is 1. The Morgan fingerprint density at radius 3 is 2.42 bits per heavy atom. The Balaban J connectivity index is 1.62. The highest BCUT2D eigenvalue weighted by atomic mass is 16.5. The molecule has 31 heavy (non-hydrogen) atoms. The summed E-state index contributed by atoms with van der Waals surface area (Å²) in [7, 11) is 0. The van der Waals surface area contributed by atoms with E-state index < -0.39 is 18.5 Å². The summed E-state index contributed by atoms with van der Waals surface area (Å²) >= 11 is 0. The van der Waals surface area contributed by atoms with Crippen LogP contribution in [0.1, 0.15) is 39.4 Å². The zero-order valence-electron chi connectivity index (χ0n) is 16.7. The van der Waals surface area contributed by atoms with Crippen molar-refractivity contribution >= 4 is 29.3 Å². The van der Waals surface area contributed by atoms with Crippen molar-refractivity contribution in [1.29, 1.82) is 0 Å². The van der Waals surface area contributed by atoms with Crippen molar-refractivity contribution in [3.8, 4) is 0 Å². The van der Waals surface area contributed by atoms with E-state index in [9.17, 15) is 14.4 Å². The fourth-order valence-electron chi connectivity index (χ4n) is 2.78. The van der Waals surface area contributed by atoms with Gasteiger partial charge < -0.3 is 21.1 Å². The molecule has 2 aromatic carbocycles. The van der Waals surface area contributed by atoms with Crippen molar-refractivity contribution in [3.05, 3.63) is 83.8 Å². The lowest BCUT2D eigenvalue weighted by atomic mass is 10.1. The van der Waals surface area contributed by atoms with Crippen LogP contribution in [-0.4, -0.2) is 34.4 Å². The number of ether oxygens (including phenoxy) is 1. The Bertz CT molecular complexity index is 1090. The van der Waals surface area contributed by atoms with E-state index in [0.29, 0.717) is 5.69 Å². The highest BCUT2D eigenvalue weighted by Crippen LogP contribution is 2.18. The van der Waals surface area contributed by atoms with Gasteiger partial charge in [0.2, 0.25) is 0 Å². The molecule has 9 heteroatoms. The summed E-state index contributed by atoms with van der Waals surface area (Å²) in [5.74, 6) is -1.94. The van der Waals surface area contributed by atoms with Gasteiger partial charge in [0.05, 0.1) is 17.3 Å². The predicted molar refractivity (Wildman–Crippen MR) is 114 cm³/mol. The van der Waals surface area contributed by atoms with Crippen molar-refractivity contribution in [2.45, 2.75) is 13.0 Å². The van der Waals surface area contributed by atoms with E-state index in [1.165, 1.54) is 12.4 Å². The van der Waals surface area contributed by atoms with E-state index in [1.54, 1.807) is 24.3 Å². The van der Waals surface area contributed by atoms with Gasteiger partial charge in [0.15, 0.2) is 18.1 Å². The third kappa shape index (κ3) is 5.63. The van der Waals surface area contributed by atoms with Gasteiger partial charge >= 0.3 is 5.97 Å². The molecule has 0 saturated heterocycles. The van der Waals surface area contributed by atoms with Crippen LogP contribution in [0.25, 0.3) is 0 Å². The first-order valence-electron chi connectivity index (χ1n) is 9.44. The molecule has 0 saturated carbocycles. The quantitative estimate of drug-likeness (QED) is 0.500. The Morgan fingerprint density at radius 2 is 1.68 bits per heavy atom. The van der Waals surface area contributed by atoms with Crippen LogP contribution in [0.4, 0.5) is 11.5 Å². The van der Waals surface area contributed by atoms with Crippen LogP contribution < -0.4 is 16.4 Å². The number of benzene rings is 2. The molecule has 1 aromatic heterocycles. The summed E-state index contributed by atoms with van der Waals surface area (Å²) in [4.78, 5) is 44.5. The molecular formula is C22H21N5O4. The van der Waals surface area contributed by atoms with Crippen molar-refractivity contribution in [2.24, 2.45) is 0 Å². The fourth-order valence-corrected chi connectivity index (χ4v) is 2.78. The Kier molecular flexibility index (Phi) is 6.89. The van der Waals surface area contributed by atoms with Gasteiger partial charge in [-0.15, -0.1) is 0 Å². The molecule has 1 atom stereocenters. The summed E-state index contributed by atoms with van der Waals surface area (Å²) in [6, 6.07) is 15.8. The molecule has 1 heterocycles. The molecule has 9 nitrogen and oxygen atoms in total. The number of nitrogens with one attached hydrogen (secondary N) is 2. The molecule has 0 unspecified atom stereocenters. The smallest absolute Gasteiger partial charge is 0.361 e.